The predicted molar refractivity (Wildman–Crippen MR) is 96.5 cm³/mol. The first kappa shape index (κ1) is 15.1. The van der Waals surface area contributed by atoms with E-state index in [1.54, 1.807) is 23.3 Å². The first-order valence-corrected chi connectivity index (χ1v) is 8.48. The zero-order chi connectivity index (χ0) is 15.5. The Morgan fingerprint density at radius 2 is 1.91 bits per heavy atom. The quantitative estimate of drug-likeness (QED) is 0.660. The summed E-state index contributed by atoms with van der Waals surface area (Å²) in [6.07, 6.45) is 0. The lowest BCUT2D eigenvalue weighted by atomic mass is 10.1. The second-order valence-corrected chi connectivity index (χ2v) is 7.60. The van der Waals surface area contributed by atoms with Gasteiger partial charge in [0.05, 0.1) is 10.3 Å². The van der Waals surface area contributed by atoms with Crippen molar-refractivity contribution in [1.82, 2.24) is 4.90 Å². The number of anilines is 1. The van der Waals surface area contributed by atoms with Crippen LogP contribution in [0.1, 0.15) is 4.88 Å². The fourth-order valence-electron chi connectivity index (χ4n) is 2.23. The summed E-state index contributed by atoms with van der Waals surface area (Å²) in [5.41, 5.74) is 0.808. The largest absolute Gasteiger partial charge is 0.322 e. The highest BCUT2D eigenvalue weighted by molar-refractivity contribution is 9.11. The van der Waals surface area contributed by atoms with Crippen LogP contribution in [0.15, 0.2) is 58.4 Å². The maximum atomic E-state index is 12.3. The monoisotopic (exact) mass is 374 g/mol. The Morgan fingerprint density at radius 3 is 2.64 bits per heavy atom. The molecule has 0 bridgehead atoms. The summed E-state index contributed by atoms with van der Waals surface area (Å²) in [6, 6.07) is 17.9. The van der Waals surface area contributed by atoms with Crippen LogP contribution in [0.25, 0.3) is 10.8 Å². The van der Waals surface area contributed by atoms with E-state index in [2.05, 4.69) is 27.3 Å². The van der Waals surface area contributed by atoms with Crippen molar-refractivity contribution >= 4 is 49.8 Å². The molecular formula is C17H15BrN2OS. The SMILES string of the molecule is CN(Cc1ccc(Br)s1)C(=O)Nc1ccc2ccccc2c1. The number of carbonyl (C=O) groups excluding carboxylic acids is 1. The fraction of sp³-hybridized carbons (Fsp3) is 0.118. The van der Waals surface area contributed by atoms with Crippen LogP contribution in [0.5, 0.6) is 0 Å². The van der Waals surface area contributed by atoms with Gasteiger partial charge in [0.1, 0.15) is 0 Å². The van der Waals surface area contributed by atoms with Gasteiger partial charge in [-0.1, -0.05) is 30.3 Å². The van der Waals surface area contributed by atoms with E-state index in [1.165, 1.54) is 0 Å². The second kappa shape index (κ2) is 6.50. The number of nitrogens with zero attached hydrogens (tertiary/aromatic N) is 1. The normalized spacial score (nSPS) is 10.6. The van der Waals surface area contributed by atoms with Gasteiger partial charge in [0.2, 0.25) is 0 Å². The van der Waals surface area contributed by atoms with Crippen molar-refractivity contribution in [3.05, 3.63) is 63.3 Å². The van der Waals surface area contributed by atoms with Gasteiger partial charge in [-0.25, -0.2) is 4.79 Å². The van der Waals surface area contributed by atoms with Gasteiger partial charge in [0.25, 0.3) is 0 Å². The highest BCUT2D eigenvalue weighted by Gasteiger charge is 2.10. The van der Waals surface area contributed by atoms with Crippen LogP contribution >= 0.6 is 27.3 Å². The molecule has 112 valence electrons. The molecule has 5 heteroatoms. The van der Waals surface area contributed by atoms with Crippen molar-refractivity contribution < 1.29 is 4.79 Å². The van der Waals surface area contributed by atoms with Crippen LogP contribution < -0.4 is 5.32 Å². The van der Waals surface area contributed by atoms with Gasteiger partial charge in [-0.15, -0.1) is 11.3 Å². The minimum atomic E-state index is -0.111. The summed E-state index contributed by atoms with van der Waals surface area (Å²) in [6.45, 7) is 0.593. The highest BCUT2D eigenvalue weighted by atomic mass is 79.9. The van der Waals surface area contributed by atoms with E-state index in [4.69, 9.17) is 0 Å². The summed E-state index contributed by atoms with van der Waals surface area (Å²) in [7, 11) is 1.80. The molecule has 0 saturated carbocycles. The summed E-state index contributed by atoms with van der Waals surface area (Å²) in [4.78, 5) is 15.1. The van der Waals surface area contributed by atoms with Crippen molar-refractivity contribution in [2.75, 3.05) is 12.4 Å². The van der Waals surface area contributed by atoms with Gasteiger partial charge in [-0.05, 0) is 51.0 Å². The molecule has 22 heavy (non-hydrogen) atoms. The first-order chi connectivity index (χ1) is 10.6. The summed E-state index contributed by atoms with van der Waals surface area (Å²) in [5, 5.41) is 5.22. The Bertz CT molecular complexity index is 815. The Hall–Kier alpha value is -1.85. The number of carbonyl (C=O) groups is 1. The number of hydrogen-bond acceptors (Lipinski definition) is 2. The number of urea groups is 1. The Labute approximate surface area is 141 Å². The smallest absolute Gasteiger partial charge is 0.321 e. The van der Waals surface area contributed by atoms with Crippen LogP contribution in [0.3, 0.4) is 0 Å². The lowest BCUT2D eigenvalue weighted by Crippen LogP contribution is -2.30. The van der Waals surface area contributed by atoms with Crippen LogP contribution in [0, 0.1) is 0 Å². The van der Waals surface area contributed by atoms with Gasteiger partial charge in [0, 0.05) is 17.6 Å². The number of nitrogens with one attached hydrogen (secondary N) is 1. The van der Waals surface area contributed by atoms with Crippen LogP contribution in [-0.4, -0.2) is 18.0 Å². The molecule has 3 rings (SSSR count). The molecule has 0 spiro atoms. The molecule has 2 amide bonds. The highest BCUT2D eigenvalue weighted by Crippen LogP contribution is 2.23. The zero-order valence-electron chi connectivity index (χ0n) is 12.0. The maximum Gasteiger partial charge on any atom is 0.321 e. The van der Waals surface area contributed by atoms with Gasteiger partial charge in [-0.3, -0.25) is 0 Å². The van der Waals surface area contributed by atoms with Crippen molar-refractivity contribution in [2.45, 2.75) is 6.54 Å². The molecule has 0 aliphatic rings. The third-order valence-corrected chi connectivity index (χ3v) is 4.98. The molecule has 0 saturated heterocycles. The molecule has 2 aromatic carbocycles. The van der Waals surface area contributed by atoms with E-state index in [1.807, 2.05) is 48.5 Å². The minimum Gasteiger partial charge on any atom is -0.322 e. The Kier molecular flexibility index (Phi) is 4.45. The Morgan fingerprint density at radius 1 is 1.14 bits per heavy atom. The molecule has 0 atom stereocenters. The molecule has 3 nitrogen and oxygen atoms in total. The summed E-state index contributed by atoms with van der Waals surface area (Å²) >= 11 is 5.07. The summed E-state index contributed by atoms with van der Waals surface area (Å²) < 4.78 is 1.07. The van der Waals surface area contributed by atoms with Gasteiger partial charge in [0.15, 0.2) is 0 Å². The Balaban J connectivity index is 1.69. The fourth-order valence-corrected chi connectivity index (χ4v) is 3.77. The van der Waals surface area contributed by atoms with Crippen molar-refractivity contribution in [2.24, 2.45) is 0 Å². The van der Waals surface area contributed by atoms with Gasteiger partial charge in [-0.2, -0.15) is 0 Å². The van der Waals surface area contributed by atoms with E-state index < -0.39 is 0 Å². The average Bonchev–Trinajstić information content (AvgIpc) is 2.92. The molecule has 0 aliphatic carbocycles. The maximum absolute atomic E-state index is 12.3. The predicted octanol–water partition coefficient (Wildman–Crippen LogP) is 5.33. The van der Waals surface area contributed by atoms with Crippen LogP contribution in [0.4, 0.5) is 10.5 Å². The molecule has 0 radical (unpaired) electrons. The molecular weight excluding hydrogens is 360 g/mol. The van der Waals surface area contributed by atoms with E-state index >= 15 is 0 Å². The van der Waals surface area contributed by atoms with E-state index in [0.717, 1.165) is 25.1 Å². The van der Waals surface area contributed by atoms with Gasteiger partial charge < -0.3 is 10.2 Å². The molecule has 3 aromatic rings. The number of hydrogen-bond donors (Lipinski definition) is 1. The molecule has 0 aliphatic heterocycles. The molecule has 0 unspecified atom stereocenters. The summed E-state index contributed by atoms with van der Waals surface area (Å²) in [5.74, 6) is 0. The lowest BCUT2D eigenvalue weighted by molar-refractivity contribution is 0.221. The number of fused-ring (bicyclic) bond motifs is 1. The topological polar surface area (TPSA) is 32.3 Å². The third-order valence-electron chi connectivity index (χ3n) is 3.37. The number of thiophene rings is 1. The van der Waals surface area contributed by atoms with Gasteiger partial charge >= 0.3 is 6.03 Å². The molecule has 1 heterocycles. The second-order valence-electron chi connectivity index (χ2n) is 5.05. The van der Waals surface area contributed by atoms with Crippen molar-refractivity contribution in [3.63, 3.8) is 0 Å². The number of rotatable bonds is 3. The third kappa shape index (κ3) is 3.48. The molecule has 1 N–H and O–H groups in total. The number of benzene rings is 2. The molecule has 0 fully saturated rings. The van der Waals surface area contributed by atoms with Crippen LogP contribution in [0.2, 0.25) is 0 Å². The molecule has 1 aromatic heterocycles. The van der Waals surface area contributed by atoms with E-state index in [9.17, 15) is 4.79 Å². The first-order valence-electron chi connectivity index (χ1n) is 6.87. The van der Waals surface area contributed by atoms with E-state index in [0.29, 0.717) is 6.54 Å². The zero-order valence-corrected chi connectivity index (χ0v) is 14.4. The minimum absolute atomic E-state index is 0.111. The number of halogens is 1. The van der Waals surface area contributed by atoms with E-state index in [-0.39, 0.29) is 6.03 Å². The van der Waals surface area contributed by atoms with Crippen molar-refractivity contribution in [3.8, 4) is 0 Å². The van der Waals surface area contributed by atoms with Crippen LogP contribution in [-0.2, 0) is 6.54 Å². The standard InChI is InChI=1S/C17H15BrN2OS/c1-20(11-15-8-9-16(18)22-15)17(21)19-14-7-6-12-4-2-3-5-13(12)10-14/h2-10H,11H2,1H3,(H,19,21). The number of amides is 2. The van der Waals surface area contributed by atoms with Crippen molar-refractivity contribution in [1.29, 1.82) is 0 Å². The average molecular weight is 375 g/mol. The lowest BCUT2D eigenvalue weighted by Gasteiger charge is -2.17.